The molecule has 1 saturated heterocycles. The Morgan fingerprint density at radius 2 is 2.06 bits per heavy atom. The topological polar surface area (TPSA) is 77.1 Å². The second kappa shape index (κ2) is 10.7. The number of nitrogens with one attached hydrogen (secondary N) is 1. The fraction of sp³-hybridized carbons (Fsp3) is 0.333. The maximum absolute atomic E-state index is 13.9. The molecule has 1 N–H and O–H groups in total. The van der Waals surface area contributed by atoms with Crippen LogP contribution in [-0.4, -0.2) is 56.2 Å². The average molecular weight is 509 g/mol. The van der Waals surface area contributed by atoms with Gasteiger partial charge in [0, 0.05) is 47.5 Å². The molecule has 0 radical (unpaired) electrons. The van der Waals surface area contributed by atoms with Gasteiger partial charge in [-0.05, 0) is 42.0 Å². The molecule has 2 heterocycles. The first-order valence-corrected chi connectivity index (χ1v) is 11.7. The number of fused-ring (bicyclic) bond motifs is 1. The number of methoxy groups -OCH3 is 1. The zero-order valence-corrected chi connectivity index (χ0v) is 19.6. The van der Waals surface area contributed by atoms with E-state index in [1.54, 1.807) is 18.2 Å². The van der Waals surface area contributed by atoms with Crippen molar-refractivity contribution in [2.24, 2.45) is 0 Å². The van der Waals surface area contributed by atoms with Gasteiger partial charge in [-0.3, -0.25) is 4.79 Å². The van der Waals surface area contributed by atoms with E-state index in [1.807, 2.05) is 0 Å². The third-order valence-electron chi connectivity index (χ3n) is 5.59. The lowest BCUT2D eigenvalue weighted by molar-refractivity contribution is -0.215. The summed E-state index contributed by atoms with van der Waals surface area (Å²) in [5.41, 5.74) is 0.283. The third-order valence-corrected chi connectivity index (χ3v) is 6.66. The summed E-state index contributed by atoms with van der Waals surface area (Å²) < 4.78 is 46.3. The van der Waals surface area contributed by atoms with Crippen LogP contribution < -0.4 is 10.2 Å². The number of alkyl halides is 3. The molecular formula is C24H23F3N2O5S. The van der Waals surface area contributed by atoms with E-state index < -0.39 is 29.7 Å². The van der Waals surface area contributed by atoms with Gasteiger partial charge in [-0.15, -0.1) is 0 Å². The van der Waals surface area contributed by atoms with Gasteiger partial charge in [0.05, 0.1) is 19.3 Å². The summed E-state index contributed by atoms with van der Waals surface area (Å²) in [5, 5.41) is 3.02. The van der Waals surface area contributed by atoms with Gasteiger partial charge in [-0.2, -0.15) is 18.1 Å². The largest absolute Gasteiger partial charge is 0.467 e. The summed E-state index contributed by atoms with van der Waals surface area (Å²) in [6.45, 7) is 1.41. The number of piperazine rings is 1. The van der Waals surface area contributed by atoms with Crippen molar-refractivity contribution in [3.8, 4) is 5.75 Å². The molecule has 7 nitrogen and oxygen atoms in total. The standard InChI is InChI=1S/C24H23F3N2O5S/c1-32-23(31)19-14-28-9-10-29(19)22(30)7-3-15-2-6-21(18(12-15)24(25,26)27)35-17-4-5-20-16(13-17)8-11-33-34-20/h2-7,12-13,19,28H,8-11,14H2,1H3/b7-3+. The molecule has 186 valence electrons. The molecule has 0 aliphatic carbocycles. The number of hydrogen-bond donors (Lipinski definition) is 1. The van der Waals surface area contributed by atoms with Crippen molar-refractivity contribution < 1.29 is 37.3 Å². The van der Waals surface area contributed by atoms with Crippen LogP contribution in [0.25, 0.3) is 6.08 Å². The van der Waals surface area contributed by atoms with Crippen molar-refractivity contribution >= 4 is 29.7 Å². The lowest BCUT2D eigenvalue weighted by atomic mass is 10.1. The van der Waals surface area contributed by atoms with E-state index in [4.69, 9.17) is 14.5 Å². The quantitative estimate of drug-likeness (QED) is 0.375. The number of halogens is 3. The maximum Gasteiger partial charge on any atom is 0.417 e. The van der Waals surface area contributed by atoms with E-state index in [1.165, 1.54) is 36.3 Å². The molecule has 1 atom stereocenters. The second-order valence-electron chi connectivity index (χ2n) is 7.89. The summed E-state index contributed by atoms with van der Waals surface area (Å²) >= 11 is 1.00. The van der Waals surface area contributed by atoms with E-state index in [-0.39, 0.29) is 23.5 Å². The lowest BCUT2D eigenvalue weighted by Crippen LogP contribution is -2.56. The van der Waals surface area contributed by atoms with Crippen molar-refractivity contribution in [1.82, 2.24) is 10.2 Å². The van der Waals surface area contributed by atoms with Gasteiger partial charge in [0.25, 0.3) is 0 Å². The van der Waals surface area contributed by atoms with Gasteiger partial charge in [0.1, 0.15) is 6.04 Å². The van der Waals surface area contributed by atoms with E-state index in [2.05, 4.69) is 5.32 Å². The highest BCUT2D eigenvalue weighted by atomic mass is 32.2. The zero-order chi connectivity index (χ0) is 25.0. The lowest BCUT2D eigenvalue weighted by Gasteiger charge is -2.33. The molecule has 2 aromatic rings. The zero-order valence-electron chi connectivity index (χ0n) is 18.8. The molecular weight excluding hydrogens is 485 g/mol. The number of rotatable bonds is 5. The average Bonchev–Trinajstić information content (AvgIpc) is 2.86. The van der Waals surface area contributed by atoms with Crippen LogP contribution in [-0.2, 0) is 31.8 Å². The van der Waals surface area contributed by atoms with E-state index >= 15 is 0 Å². The second-order valence-corrected chi connectivity index (χ2v) is 9.00. The van der Waals surface area contributed by atoms with Gasteiger partial charge in [-0.1, -0.05) is 17.8 Å². The van der Waals surface area contributed by atoms with Crippen LogP contribution in [0, 0.1) is 0 Å². The Morgan fingerprint density at radius 1 is 1.23 bits per heavy atom. The van der Waals surface area contributed by atoms with Gasteiger partial charge in [-0.25, -0.2) is 4.79 Å². The molecule has 0 saturated carbocycles. The molecule has 0 bridgehead atoms. The van der Waals surface area contributed by atoms with Crippen LogP contribution in [0.1, 0.15) is 16.7 Å². The highest BCUT2D eigenvalue weighted by molar-refractivity contribution is 7.99. The number of nitrogens with zero attached hydrogens (tertiary/aromatic N) is 1. The summed E-state index contributed by atoms with van der Waals surface area (Å²) in [6.07, 6.45) is -1.48. The highest BCUT2D eigenvalue weighted by Gasteiger charge is 2.34. The maximum atomic E-state index is 13.9. The highest BCUT2D eigenvalue weighted by Crippen LogP contribution is 2.41. The fourth-order valence-corrected chi connectivity index (χ4v) is 4.83. The number of ether oxygens (including phenoxy) is 1. The molecule has 1 unspecified atom stereocenters. The molecule has 1 fully saturated rings. The summed E-state index contributed by atoms with van der Waals surface area (Å²) in [5.74, 6) is -0.476. The van der Waals surface area contributed by atoms with Crippen molar-refractivity contribution in [2.75, 3.05) is 33.4 Å². The minimum atomic E-state index is -4.59. The van der Waals surface area contributed by atoms with Crippen molar-refractivity contribution in [1.29, 1.82) is 0 Å². The normalized spacial score (nSPS) is 18.2. The SMILES string of the molecule is COC(=O)C1CNCCN1C(=O)/C=C/c1ccc(Sc2ccc3c(c2)CCOO3)c(C(F)(F)F)c1. The minimum Gasteiger partial charge on any atom is -0.467 e. The molecule has 2 aromatic carbocycles. The predicted molar refractivity (Wildman–Crippen MR) is 122 cm³/mol. The van der Waals surface area contributed by atoms with Crippen LogP contribution in [0.4, 0.5) is 13.2 Å². The van der Waals surface area contributed by atoms with Crippen molar-refractivity contribution in [2.45, 2.75) is 28.4 Å². The number of benzene rings is 2. The first kappa shape index (κ1) is 25.1. The van der Waals surface area contributed by atoms with E-state index in [0.717, 1.165) is 23.4 Å². The van der Waals surface area contributed by atoms with Crippen molar-refractivity contribution in [3.05, 3.63) is 59.2 Å². The fourth-order valence-electron chi connectivity index (χ4n) is 3.82. The van der Waals surface area contributed by atoms with Crippen LogP contribution in [0.15, 0.2) is 52.3 Å². The van der Waals surface area contributed by atoms with Gasteiger partial charge in [0.2, 0.25) is 5.91 Å². The summed E-state index contributed by atoms with van der Waals surface area (Å²) in [4.78, 5) is 36.7. The number of carbonyl (C=O) groups excluding carboxylic acids is 2. The van der Waals surface area contributed by atoms with Crippen LogP contribution in [0.5, 0.6) is 5.75 Å². The number of carbonyl (C=O) groups is 2. The van der Waals surface area contributed by atoms with Crippen LogP contribution in [0.2, 0.25) is 0 Å². The Kier molecular flexibility index (Phi) is 7.68. The Labute approximate surface area is 204 Å². The monoisotopic (exact) mass is 508 g/mol. The third kappa shape index (κ3) is 5.98. The van der Waals surface area contributed by atoms with E-state index in [9.17, 15) is 22.8 Å². The number of hydrogen-bond acceptors (Lipinski definition) is 7. The van der Waals surface area contributed by atoms with E-state index in [0.29, 0.717) is 30.2 Å². The molecule has 0 spiro atoms. The van der Waals surface area contributed by atoms with Crippen LogP contribution in [0.3, 0.4) is 0 Å². The summed E-state index contributed by atoms with van der Waals surface area (Å²) in [7, 11) is 1.24. The Morgan fingerprint density at radius 3 is 2.83 bits per heavy atom. The number of amides is 1. The summed E-state index contributed by atoms with van der Waals surface area (Å²) in [6, 6.07) is 8.27. The first-order valence-electron chi connectivity index (χ1n) is 10.8. The predicted octanol–water partition coefficient (Wildman–Crippen LogP) is 3.71. The van der Waals surface area contributed by atoms with Crippen LogP contribution >= 0.6 is 11.8 Å². The molecule has 2 aliphatic heterocycles. The molecule has 2 aliphatic rings. The number of esters is 1. The Balaban J connectivity index is 1.54. The van der Waals surface area contributed by atoms with Gasteiger partial charge in [0.15, 0.2) is 5.75 Å². The molecule has 1 amide bonds. The first-order chi connectivity index (χ1) is 16.8. The van der Waals surface area contributed by atoms with Crippen molar-refractivity contribution in [3.63, 3.8) is 0 Å². The molecule has 11 heteroatoms. The molecule has 0 aromatic heterocycles. The van der Waals surface area contributed by atoms with Gasteiger partial charge >= 0.3 is 12.1 Å². The smallest absolute Gasteiger partial charge is 0.417 e. The molecule has 35 heavy (non-hydrogen) atoms. The molecule has 4 rings (SSSR count). The Bertz CT molecular complexity index is 1140. The minimum absolute atomic E-state index is 0.0433. The van der Waals surface area contributed by atoms with Gasteiger partial charge < -0.3 is 19.8 Å². The Hall–Kier alpha value is -3.02.